The summed E-state index contributed by atoms with van der Waals surface area (Å²) in [5.74, 6) is 0. The monoisotopic (exact) mass is 141 g/mol. The summed E-state index contributed by atoms with van der Waals surface area (Å²) in [7, 11) is 1.67. The largest absolute Gasteiger partial charge is 0.252 e. The Labute approximate surface area is 62.4 Å². The first kappa shape index (κ1) is 9.14. The lowest BCUT2D eigenvalue weighted by atomic mass is 10.4. The Hall–Kier alpha value is -0.860. The van der Waals surface area contributed by atoms with Crippen LogP contribution in [-0.2, 0) is 0 Å². The predicted molar refractivity (Wildman–Crippen MR) is 42.6 cm³/mol. The van der Waals surface area contributed by atoms with Crippen LogP contribution in [0.1, 0.15) is 20.8 Å². The molecule has 0 aromatic heterocycles. The van der Waals surface area contributed by atoms with Crippen LogP contribution in [0.2, 0.25) is 0 Å². The third-order valence-corrected chi connectivity index (χ3v) is 1.02. The van der Waals surface area contributed by atoms with Gasteiger partial charge in [0.1, 0.15) is 0 Å². The zero-order valence-corrected chi connectivity index (χ0v) is 7.07. The smallest absolute Gasteiger partial charge is 0.0509 e. The van der Waals surface area contributed by atoms with E-state index < -0.39 is 0 Å². The molecule has 0 amide bonds. The second-order valence-corrected chi connectivity index (χ2v) is 2.25. The van der Waals surface area contributed by atoms with E-state index in [0.717, 1.165) is 0 Å². The van der Waals surface area contributed by atoms with E-state index in [1.54, 1.807) is 12.1 Å². The van der Waals surface area contributed by atoms with Crippen LogP contribution in [0.15, 0.2) is 22.6 Å². The molecule has 58 valence electrons. The van der Waals surface area contributed by atoms with Gasteiger partial charge in [0.05, 0.1) is 7.05 Å². The Morgan fingerprint density at radius 1 is 1.40 bits per heavy atom. The quantitative estimate of drug-likeness (QED) is 0.437. The maximum atomic E-state index is 3.88. The molecule has 0 heterocycles. The van der Waals surface area contributed by atoms with Crippen LogP contribution in [0.3, 0.4) is 0 Å². The Morgan fingerprint density at radius 2 is 2.00 bits per heavy atom. The topological polar surface area (TPSA) is 28.0 Å². The minimum absolute atomic E-state index is 0.375. The van der Waals surface area contributed by atoms with Crippen molar-refractivity contribution >= 4 is 0 Å². The lowest BCUT2D eigenvalue weighted by Crippen LogP contribution is -2.18. The zero-order valence-electron chi connectivity index (χ0n) is 7.07. The highest BCUT2D eigenvalue weighted by Gasteiger charge is 1.99. The second kappa shape index (κ2) is 4.97. The Balaban J connectivity index is 3.98. The highest BCUT2D eigenvalue weighted by Crippen LogP contribution is 1.99. The molecule has 0 atom stereocenters. The fourth-order valence-corrected chi connectivity index (χ4v) is 0.561. The highest BCUT2D eigenvalue weighted by atomic mass is 15.5. The van der Waals surface area contributed by atoms with Gasteiger partial charge in [0.2, 0.25) is 0 Å². The molecule has 0 fully saturated rings. The molecule has 3 nitrogen and oxygen atoms in total. The number of hydrogen-bond donors (Lipinski definition) is 0. The fraction of sp³-hybridized carbons (Fsp3) is 0.714. The molecule has 0 radical (unpaired) electrons. The molecular weight excluding hydrogens is 126 g/mol. The molecule has 0 saturated carbocycles. The molecule has 0 aromatic rings. The van der Waals surface area contributed by atoms with Gasteiger partial charge in [0.25, 0.3) is 0 Å². The number of rotatable bonds is 3. The lowest BCUT2D eigenvalue weighted by Gasteiger charge is -2.15. The third-order valence-electron chi connectivity index (χ3n) is 1.02. The molecule has 0 bridgehead atoms. The first-order chi connectivity index (χ1) is 4.72. The van der Waals surface area contributed by atoms with Crippen LogP contribution < -0.4 is 0 Å². The molecule has 0 aromatic carbocycles. The summed E-state index contributed by atoms with van der Waals surface area (Å²) in [5.41, 5.74) is 0. The van der Waals surface area contributed by atoms with Gasteiger partial charge in [0.15, 0.2) is 0 Å². The molecule has 0 unspecified atom stereocenters. The van der Waals surface area contributed by atoms with E-state index in [1.807, 2.05) is 19.2 Å². The van der Waals surface area contributed by atoms with Crippen LogP contribution in [0, 0.1) is 0 Å². The van der Waals surface area contributed by atoms with E-state index in [1.165, 1.54) is 0 Å². The summed E-state index contributed by atoms with van der Waals surface area (Å²) in [4.78, 5) is 0. The zero-order chi connectivity index (χ0) is 7.98. The molecule has 0 rings (SSSR count). The van der Waals surface area contributed by atoms with Gasteiger partial charge in [0, 0.05) is 12.2 Å². The van der Waals surface area contributed by atoms with Crippen LogP contribution >= 0.6 is 0 Å². The Kier molecular flexibility index (Phi) is 4.54. The highest BCUT2D eigenvalue weighted by molar-refractivity contribution is 4.77. The van der Waals surface area contributed by atoms with Crippen molar-refractivity contribution in [2.75, 3.05) is 7.05 Å². The summed E-state index contributed by atoms with van der Waals surface area (Å²) < 4.78 is 0. The minimum Gasteiger partial charge on any atom is -0.252 e. The summed E-state index contributed by atoms with van der Waals surface area (Å²) >= 11 is 0. The van der Waals surface area contributed by atoms with E-state index in [4.69, 9.17) is 0 Å². The van der Waals surface area contributed by atoms with Gasteiger partial charge >= 0.3 is 0 Å². The predicted octanol–water partition coefficient (Wildman–Crippen LogP) is 2.23. The van der Waals surface area contributed by atoms with Crippen molar-refractivity contribution in [1.82, 2.24) is 5.01 Å². The SMILES string of the molecule is C/C=C\N(/N=N\C)C(C)C. The van der Waals surface area contributed by atoms with E-state index in [0.29, 0.717) is 6.04 Å². The van der Waals surface area contributed by atoms with Gasteiger partial charge in [-0.3, -0.25) is 5.01 Å². The van der Waals surface area contributed by atoms with Gasteiger partial charge in [-0.05, 0) is 20.8 Å². The van der Waals surface area contributed by atoms with Crippen molar-refractivity contribution < 1.29 is 0 Å². The van der Waals surface area contributed by atoms with Gasteiger partial charge < -0.3 is 0 Å². The van der Waals surface area contributed by atoms with E-state index in [-0.39, 0.29) is 0 Å². The van der Waals surface area contributed by atoms with Gasteiger partial charge in [-0.2, -0.15) is 5.11 Å². The molecule has 0 aliphatic heterocycles. The average molecular weight is 141 g/mol. The summed E-state index contributed by atoms with van der Waals surface area (Å²) in [6.45, 7) is 6.09. The summed E-state index contributed by atoms with van der Waals surface area (Å²) in [5, 5.41) is 9.37. The van der Waals surface area contributed by atoms with Gasteiger partial charge in [-0.25, -0.2) is 0 Å². The van der Waals surface area contributed by atoms with E-state index in [2.05, 4.69) is 24.2 Å². The Morgan fingerprint density at radius 3 is 2.30 bits per heavy atom. The van der Waals surface area contributed by atoms with Crippen LogP contribution in [-0.4, -0.2) is 18.1 Å². The Bertz CT molecular complexity index is 115. The lowest BCUT2D eigenvalue weighted by molar-refractivity contribution is 0.305. The minimum atomic E-state index is 0.375. The second-order valence-electron chi connectivity index (χ2n) is 2.25. The van der Waals surface area contributed by atoms with Crippen LogP contribution in [0.5, 0.6) is 0 Å². The maximum absolute atomic E-state index is 3.88. The molecular formula is C7H15N3. The van der Waals surface area contributed by atoms with Crippen molar-refractivity contribution in [3.8, 4) is 0 Å². The van der Waals surface area contributed by atoms with Gasteiger partial charge in [-0.1, -0.05) is 11.3 Å². The first-order valence-corrected chi connectivity index (χ1v) is 3.43. The molecule has 0 spiro atoms. The van der Waals surface area contributed by atoms with Crippen molar-refractivity contribution in [3.63, 3.8) is 0 Å². The van der Waals surface area contributed by atoms with Crippen molar-refractivity contribution in [2.24, 2.45) is 10.3 Å². The van der Waals surface area contributed by atoms with Crippen molar-refractivity contribution in [1.29, 1.82) is 0 Å². The first-order valence-electron chi connectivity index (χ1n) is 3.43. The molecule has 0 saturated heterocycles. The summed E-state index contributed by atoms with van der Waals surface area (Å²) in [6, 6.07) is 0.375. The molecule has 3 heteroatoms. The van der Waals surface area contributed by atoms with Crippen LogP contribution in [0.4, 0.5) is 0 Å². The van der Waals surface area contributed by atoms with E-state index >= 15 is 0 Å². The van der Waals surface area contributed by atoms with Crippen molar-refractivity contribution in [3.05, 3.63) is 12.3 Å². The van der Waals surface area contributed by atoms with E-state index in [9.17, 15) is 0 Å². The average Bonchev–Trinajstić information content (AvgIpc) is 1.87. The van der Waals surface area contributed by atoms with Crippen LogP contribution in [0.25, 0.3) is 0 Å². The van der Waals surface area contributed by atoms with Gasteiger partial charge in [-0.15, -0.1) is 0 Å². The number of nitrogens with zero attached hydrogens (tertiary/aromatic N) is 3. The normalized spacial score (nSPS) is 12.1. The summed E-state index contributed by atoms with van der Waals surface area (Å²) in [6.07, 6.45) is 3.84. The standard InChI is InChI=1S/C7H15N3/c1-5-6-10(7(2)3)9-8-4/h5-7H,1-4H3/b6-5-,9-8-. The molecule has 0 N–H and O–H groups in total. The number of hydrogen-bond acceptors (Lipinski definition) is 2. The fourth-order valence-electron chi connectivity index (χ4n) is 0.561. The maximum Gasteiger partial charge on any atom is 0.0509 e. The molecule has 10 heavy (non-hydrogen) atoms. The molecule has 0 aliphatic rings. The van der Waals surface area contributed by atoms with Crippen molar-refractivity contribution in [2.45, 2.75) is 26.8 Å². The molecule has 0 aliphatic carbocycles. The third kappa shape index (κ3) is 3.22. The number of allylic oxidation sites excluding steroid dienone is 1.